The fourth-order valence-electron chi connectivity index (χ4n) is 4.41. The van der Waals surface area contributed by atoms with E-state index >= 15 is 0 Å². The number of carbonyl (C=O) groups excluding carboxylic acids is 2. The summed E-state index contributed by atoms with van der Waals surface area (Å²) in [6.45, 7) is 5.57. The molecule has 39 heavy (non-hydrogen) atoms. The minimum absolute atomic E-state index is 0.0923. The number of carbonyl (C=O) groups is 2. The van der Waals surface area contributed by atoms with Gasteiger partial charge in [-0.15, -0.1) is 0 Å². The van der Waals surface area contributed by atoms with Crippen LogP contribution >= 0.6 is 0 Å². The van der Waals surface area contributed by atoms with Crippen molar-refractivity contribution in [2.24, 2.45) is 0 Å². The number of benzene rings is 3. The summed E-state index contributed by atoms with van der Waals surface area (Å²) in [4.78, 5) is 28.9. The number of ether oxygens (including phenoxy) is 1. The van der Waals surface area contributed by atoms with E-state index in [0.717, 1.165) is 32.8 Å². The average molecular weight is 552 g/mol. The molecule has 0 fully saturated rings. The average Bonchev–Trinajstić information content (AvgIpc) is 2.91. The Hall–Kier alpha value is -3.85. The predicted octanol–water partition coefficient (Wildman–Crippen LogP) is 3.85. The Kier molecular flexibility index (Phi) is 10.1. The van der Waals surface area contributed by atoms with E-state index in [2.05, 4.69) is 5.32 Å². The first-order chi connectivity index (χ1) is 18.5. The molecule has 3 rings (SSSR count). The first kappa shape index (κ1) is 29.7. The normalized spacial score (nSPS) is 11.9. The number of nitrogens with zero attached hydrogens (tertiary/aromatic N) is 2. The Bertz CT molecular complexity index is 1390. The molecule has 3 aromatic carbocycles. The molecule has 0 aliphatic rings. The molecule has 2 amide bonds. The number of amides is 2. The van der Waals surface area contributed by atoms with Crippen LogP contribution in [0.3, 0.4) is 0 Å². The Labute approximate surface area is 231 Å². The zero-order valence-corrected chi connectivity index (χ0v) is 24.0. The number of hydrogen-bond acceptors (Lipinski definition) is 5. The SMILES string of the molecule is CCNC(=O)[C@H](Cc1ccccc1)N(Cc1cccc(OC)c1)C(=O)CN(c1cccc(C)c1C)S(C)(=O)=O. The number of anilines is 1. The first-order valence-electron chi connectivity index (χ1n) is 12.8. The van der Waals surface area contributed by atoms with Crippen molar-refractivity contribution in [3.05, 3.63) is 95.1 Å². The van der Waals surface area contributed by atoms with E-state index < -0.39 is 28.5 Å². The van der Waals surface area contributed by atoms with Crippen LogP contribution in [-0.2, 0) is 32.6 Å². The number of likely N-dealkylation sites (N-methyl/N-ethyl adjacent to an activating group) is 1. The van der Waals surface area contributed by atoms with E-state index in [0.29, 0.717) is 18.0 Å². The minimum Gasteiger partial charge on any atom is -0.497 e. The fraction of sp³-hybridized carbons (Fsp3) is 0.333. The summed E-state index contributed by atoms with van der Waals surface area (Å²) in [7, 11) is -2.26. The van der Waals surface area contributed by atoms with Crippen molar-refractivity contribution in [2.75, 3.05) is 30.8 Å². The number of hydrogen-bond donors (Lipinski definition) is 1. The van der Waals surface area contributed by atoms with Gasteiger partial charge in [-0.25, -0.2) is 8.42 Å². The van der Waals surface area contributed by atoms with Gasteiger partial charge in [0.2, 0.25) is 21.8 Å². The molecule has 0 heterocycles. The summed E-state index contributed by atoms with van der Waals surface area (Å²) < 4.78 is 32.4. The topological polar surface area (TPSA) is 96.0 Å². The molecule has 8 nitrogen and oxygen atoms in total. The van der Waals surface area contributed by atoms with Gasteiger partial charge in [0.1, 0.15) is 18.3 Å². The maximum atomic E-state index is 14.1. The highest BCUT2D eigenvalue weighted by Crippen LogP contribution is 2.26. The molecule has 9 heteroatoms. The maximum absolute atomic E-state index is 14.1. The molecular formula is C30H37N3O5S. The molecule has 0 aromatic heterocycles. The van der Waals surface area contributed by atoms with Crippen LogP contribution in [0.4, 0.5) is 5.69 Å². The number of aryl methyl sites for hydroxylation is 1. The molecule has 1 N–H and O–H groups in total. The van der Waals surface area contributed by atoms with Crippen LogP contribution in [-0.4, -0.2) is 57.6 Å². The third-order valence-electron chi connectivity index (χ3n) is 6.63. The summed E-state index contributed by atoms with van der Waals surface area (Å²) in [5, 5.41) is 2.85. The van der Waals surface area contributed by atoms with Gasteiger partial charge in [-0.1, -0.05) is 54.6 Å². The van der Waals surface area contributed by atoms with Crippen molar-refractivity contribution in [3.63, 3.8) is 0 Å². The summed E-state index contributed by atoms with van der Waals surface area (Å²) in [6, 6.07) is 21.2. The first-order valence-corrected chi connectivity index (χ1v) is 14.7. The molecule has 0 bridgehead atoms. The van der Waals surface area contributed by atoms with Gasteiger partial charge in [-0.05, 0) is 61.2 Å². The van der Waals surface area contributed by atoms with Crippen LogP contribution in [0.5, 0.6) is 5.75 Å². The molecule has 0 aliphatic heterocycles. The van der Waals surface area contributed by atoms with Gasteiger partial charge in [0.05, 0.1) is 19.1 Å². The van der Waals surface area contributed by atoms with Crippen molar-refractivity contribution in [1.82, 2.24) is 10.2 Å². The smallest absolute Gasteiger partial charge is 0.244 e. The van der Waals surface area contributed by atoms with Crippen molar-refractivity contribution in [2.45, 2.75) is 39.8 Å². The van der Waals surface area contributed by atoms with Crippen molar-refractivity contribution in [3.8, 4) is 5.75 Å². The lowest BCUT2D eigenvalue weighted by Crippen LogP contribution is -2.53. The van der Waals surface area contributed by atoms with Crippen molar-refractivity contribution >= 4 is 27.5 Å². The van der Waals surface area contributed by atoms with Gasteiger partial charge in [0.25, 0.3) is 0 Å². The zero-order valence-electron chi connectivity index (χ0n) is 23.2. The van der Waals surface area contributed by atoms with Crippen LogP contribution in [0.25, 0.3) is 0 Å². The van der Waals surface area contributed by atoms with Crippen LogP contribution in [0, 0.1) is 13.8 Å². The molecule has 1 atom stereocenters. The number of methoxy groups -OCH3 is 1. The van der Waals surface area contributed by atoms with Crippen LogP contribution in [0.1, 0.15) is 29.2 Å². The molecule has 208 valence electrons. The van der Waals surface area contributed by atoms with Gasteiger partial charge in [0, 0.05) is 19.5 Å². The van der Waals surface area contributed by atoms with Crippen molar-refractivity contribution in [1.29, 1.82) is 0 Å². The summed E-state index contributed by atoms with van der Waals surface area (Å²) >= 11 is 0. The predicted molar refractivity (Wildman–Crippen MR) is 154 cm³/mol. The Morgan fingerprint density at radius 1 is 0.949 bits per heavy atom. The molecule has 0 unspecified atom stereocenters. The third-order valence-corrected chi connectivity index (χ3v) is 7.76. The molecular weight excluding hydrogens is 514 g/mol. The molecule has 0 aliphatic carbocycles. The second-order valence-corrected chi connectivity index (χ2v) is 11.4. The van der Waals surface area contributed by atoms with Crippen LogP contribution in [0.15, 0.2) is 72.8 Å². The lowest BCUT2D eigenvalue weighted by molar-refractivity contribution is -0.140. The highest BCUT2D eigenvalue weighted by molar-refractivity contribution is 7.92. The maximum Gasteiger partial charge on any atom is 0.244 e. The molecule has 0 saturated carbocycles. The number of rotatable bonds is 12. The number of nitrogens with one attached hydrogen (secondary N) is 1. The summed E-state index contributed by atoms with van der Waals surface area (Å²) in [5.41, 5.74) is 3.74. The second kappa shape index (κ2) is 13.3. The number of sulfonamides is 1. The highest BCUT2D eigenvalue weighted by atomic mass is 32.2. The summed E-state index contributed by atoms with van der Waals surface area (Å²) in [6.07, 6.45) is 1.35. The van der Waals surface area contributed by atoms with Gasteiger partial charge in [-0.2, -0.15) is 0 Å². The zero-order chi connectivity index (χ0) is 28.6. The monoisotopic (exact) mass is 551 g/mol. The molecule has 0 radical (unpaired) electrons. The van der Waals surface area contributed by atoms with E-state index in [9.17, 15) is 18.0 Å². The minimum atomic E-state index is -3.82. The second-order valence-electron chi connectivity index (χ2n) is 9.46. The van der Waals surface area contributed by atoms with E-state index in [4.69, 9.17) is 4.74 Å². The third kappa shape index (κ3) is 7.83. The van der Waals surface area contributed by atoms with E-state index in [-0.39, 0.29) is 18.9 Å². The lowest BCUT2D eigenvalue weighted by Gasteiger charge is -2.34. The van der Waals surface area contributed by atoms with Crippen LogP contribution in [0.2, 0.25) is 0 Å². The fourth-order valence-corrected chi connectivity index (χ4v) is 5.31. The lowest BCUT2D eigenvalue weighted by atomic mass is 10.0. The molecule has 3 aromatic rings. The standard InChI is InChI=1S/C30H37N3O5S/c1-6-31-30(35)28(19-24-13-8-7-9-14-24)32(20-25-15-11-16-26(18-25)38-4)29(34)21-33(39(5,36)37)27-17-10-12-22(2)23(27)3/h7-18,28H,6,19-21H2,1-5H3,(H,31,35)/t28-/m0/s1. The Morgan fingerprint density at radius 2 is 1.62 bits per heavy atom. The summed E-state index contributed by atoms with van der Waals surface area (Å²) in [5.74, 6) is -0.183. The van der Waals surface area contributed by atoms with Gasteiger partial charge < -0.3 is 15.0 Å². The van der Waals surface area contributed by atoms with Crippen molar-refractivity contribution < 1.29 is 22.7 Å². The van der Waals surface area contributed by atoms with Crippen LogP contribution < -0.4 is 14.4 Å². The van der Waals surface area contributed by atoms with Gasteiger partial charge >= 0.3 is 0 Å². The Balaban J connectivity index is 2.08. The molecule has 0 saturated heterocycles. The van der Waals surface area contributed by atoms with E-state index in [1.807, 2.05) is 69.3 Å². The largest absolute Gasteiger partial charge is 0.497 e. The Morgan fingerprint density at radius 3 is 2.26 bits per heavy atom. The van der Waals surface area contributed by atoms with Gasteiger partial charge in [0.15, 0.2) is 0 Å². The molecule has 0 spiro atoms. The quantitative estimate of drug-likeness (QED) is 0.369. The van der Waals surface area contributed by atoms with Gasteiger partial charge in [-0.3, -0.25) is 13.9 Å². The van der Waals surface area contributed by atoms with E-state index in [1.54, 1.807) is 31.4 Å². The van der Waals surface area contributed by atoms with E-state index in [1.165, 1.54) is 4.90 Å². The highest BCUT2D eigenvalue weighted by Gasteiger charge is 2.33.